The van der Waals surface area contributed by atoms with Crippen LogP contribution in [-0.2, 0) is 0 Å². The second kappa shape index (κ2) is 5.35. The molecule has 0 aliphatic rings. The molecule has 3 heterocycles. The maximum absolute atomic E-state index is 5.67. The van der Waals surface area contributed by atoms with Crippen molar-refractivity contribution in [1.82, 2.24) is 9.97 Å². The molecular weight excluding hydrogens is 294 g/mol. The second-order valence-corrected chi connectivity index (χ2v) is 6.03. The standard InChI is InChI=1S/C17H15N3OS/c1-11-15(12-5-2-3-6-13(12)19-11)16(14-7-4-9-21-14)20-17-18-8-10-22-17/h2-10,16,19H,1H3,(H,18,20). The lowest BCUT2D eigenvalue weighted by atomic mass is 10.0. The molecule has 5 heteroatoms. The van der Waals surface area contributed by atoms with E-state index in [1.54, 1.807) is 23.8 Å². The van der Waals surface area contributed by atoms with Gasteiger partial charge in [0.2, 0.25) is 0 Å². The molecule has 110 valence electrons. The zero-order chi connectivity index (χ0) is 14.9. The summed E-state index contributed by atoms with van der Waals surface area (Å²) in [6.45, 7) is 2.09. The molecule has 22 heavy (non-hydrogen) atoms. The van der Waals surface area contributed by atoms with E-state index in [1.165, 1.54) is 10.9 Å². The van der Waals surface area contributed by atoms with E-state index in [-0.39, 0.29) is 6.04 Å². The highest BCUT2D eigenvalue weighted by atomic mass is 32.1. The number of fused-ring (bicyclic) bond motifs is 1. The molecule has 0 aliphatic carbocycles. The first kappa shape index (κ1) is 13.2. The molecule has 0 bridgehead atoms. The number of aryl methyl sites for hydroxylation is 1. The van der Waals surface area contributed by atoms with Crippen molar-refractivity contribution in [2.24, 2.45) is 0 Å². The Morgan fingerprint density at radius 2 is 2.14 bits per heavy atom. The van der Waals surface area contributed by atoms with Gasteiger partial charge in [-0.25, -0.2) is 4.98 Å². The molecule has 4 rings (SSSR count). The highest BCUT2D eigenvalue weighted by Crippen LogP contribution is 2.35. The Morgan fingerprint density at radius 1 is 1.23 bits per heavy atom. The molecule has 0 saturated carbocycles. The first-order valence-electron chi connectivity index (χ1n) is 7.09. The molecule has 0 fully saturated rings. The van der Waals surface area contributed by atoms with Crippen LogP contribution in [0.4, 0.5) is 5.13 Å². The first-order chi connectivity index (χ1) is 10.8. The summed E-state index contributed by atoms with van der Waals surface area (Å²) in [7, 11) is 0. The third-order valence-corrected chi connectivity index (χ3v) is 4.46. The molecule has 4 nitrogen and oxygen atoms in total. The highest BCUT2D eigenvalue weighted by molar-refractivity contribution is 7.13. The van der Waals surface area contributed by atoms with Crippen molar-refractivity contribution in [3.05, 3.63) is 71.3 Å². The quantitative estimate of drug-likeness (QED) is 0.573. The number of thiazole rings is 1. The van der Waals surface area contributed by atoms with Crippen molar-refractivity contribution in [3.8, 4) is 0 Å². The van der Waals surface area contributed by atoms with Crippen molar-refractivity contribution in [1.29, 1.82) is 0 Å². The smallest absolute Gasteiger partial charge is 0.183 e. The van der Waals surface area contributed by atoms with Gasteiger partial charge in [-0.2, -0.15) is 0 Å². The number of hydrogen-bond donors (Lipinski definition) is 2. The molecule has 0 saturated heterocycles. The van der Waals surface area contributed by atoms with E-state index >= 15 is 0 Å². The Bertz CT molecular complexity index is 878. The molecule has 3 aromatic heterocycles. The van der Waals surface area contributed by atoms with Gasteiger partial charge in [0.15, 0.2) is 5.13 Å². The van der Waals surface area contributed by atoms with E-state index in [9.17, 15) is 0 Å². The number of nitrogens with zero attached hydrogens (tertiary/aromatic N) is 1. The van der Waals surface area contributed by atoms with Gasteiger partial charge in [-0.1, -0.05) is 18.2 Å². The van der Waals surface area contributed by atoms with Gasteiger partial charge in [0, 0.05) is 33.7 Å². The maximum atomic E-state index is 5.67. The van der Waals surface area contributed by atoms with Gasteiger partial charge in [-0.15, -0.1) is 11.3 Å². The molecular formula is C17H15N3OS. The maximum Gasteiger partial charge on any atom is 0.183 e. The van der Waals surface area contributed by atoms with Gasteiger partial charge >= 0.3 is 0 Å². The number of benzene rings is 1. The van der Waals surface area contributed by atoms with Gasteiger partial charge in [0.05, 0.1) is 6.26 Å². The van der Waals surface area contributed by atoms with Crippen molar-refractivity contribution in [2.75, 3.05) is 5.32 Å². The van der Waals surface area contributed by atoms with Gasteiger partial charge in [0.1, 0.15) is 11.8 Å². The third-order valence-electron chi connectivity index (χ3n) is 3.76. The van der Waals surface area contributed by atoms with Crippen LogP contribution in [0.2, 0.25) is 0 Å². The molecule has 1 atom stereocenters. The van der Waals surface area contributed by atoms with Crippen LogP contribution in [0.5, 0.6) is 0 Å². The minimum absolute atomic E-state index is 0.0719. The van der Waals surface area contributed by atoms with E-state index < -0.39 is 0 Å². The number of para-hydroxylation sites is 1. The Balaban J connectivity index is 1.87. The predicted molar refractivity (Wildman–Crippen MR) is 89.3 cm³/mol. The third kappa shape index (κ3) is 2.19. The van der Waals surface area contributed by atoms with Gasteiger partial charge in [0.25, 0.3) is 0 Å². The van der Waals surface area contributed by atoms with Crippen molar-refractivity contribution in [2.45, 2.75) is 13.0 Å². The minimum atomic E-state index is -0.0719. The van der Waals surface area contributed by atoms with Crippen molar-refractivity contribution >= 4 is 27.4 Å². The van der Waals surface area contributed by atoms with Crippen LogP contribution in [0.25, 0.3) is 10.9 Å². The monoisotopic (exact) mass is 309 g/mol. The minimum Gasteiger partial charge on any atom is -0.467 e. The van der Waals surface area contributed by atoms with Crippen molar-refractivity contribution in [3.63, 3.8) is 0 Å². The summed E-state index contributed by atoms with van der Waals surface area (Å²) in [4.78, 5) is 7.79. The lowest BCUT2D eigenvalue weighted by molar-refractivity contribution is 0.499. The van der Waals surface area contributed by atoms with E-state index in [0.717, 1.165) is 22.1 Å². The summed E-state index contributed by atoms with van der Waals surface area (Å²) >= 11 is 1.58. The summed E-state index contributed by atoms with van der Waals surface area (Å²) in [5.41, 5.74) is 3.46. The van der Waals surface area contributed by atoms with E-state index in [0.29, 0.717) is 0 Å². The fourth-order valence-corrected chi connectivity index (χ4v) is 3.39. The van der Waals surface area contributed by atoms with Gasteiger partial charge in [-0.3, -0.25) is 0 Å². The molecule has 0 amide bonds. The summed E-state index contributed by atoms with van der Waals surface area (Å²) in [5, 5.41) is 7.53. The number of nitrogens with one attached hydrogen (secondary N) is 2. The van der Waals surface area contributed by atoms with Crippen molar-refractivity contribution < 1.29 is 4.42 Å². The summed E-state index contributed by atoms with van der Waals surface area (Å²) in [6.07, 6.45) is 3.50. The number of anilines is 1. The summed E-state index contributed by atoms with van der Waals surface area (Å²) in [5.74, 6) is 0.878. The number of furan rings is 1. The number of H-pyrrole nitrogens is 1. The molecule has 2 N–H and O–H groups in total. The Labute approximate surface area is 131 Å². The van der Waals surface area contributed by atoms with Crippen LogP contribution in [0.1, 0.15) is 23.1 Å². The summed E-state index contributed by atoms with van der Waals surface area (Å²) in [6, 6.07) is 12.2. The zero-order valence-electron chi connectivity index (χ0n) is 12.0. The van der Waals surface area contributed by atoms with E-state index in [4.69, 9.17) is 4.42 Å². The largest absolute Gasteiger partial charge is 0.467 e. The second-order valence-electron chi connectivity index (χ2n) is 5.14. The zero-order valence-corrected chi connectivity index (χ0v) is 12.9. The average Bonchev–Trinajstić information content (AvgIpc) is 3.26. The van der Waals surface area contributed by atoms with Gasteiger partial charge in [-0.05, 0) is 25.1 Å². The van der Waals surface area contributed by atoms with Crippen LogP contribution in [0.15, 0.2) is 58.7 Å². The number of aromatic amines is 1. The average molecular weight is 309 g/mol. The number of hydrogen-bond acceptors (Lipinski definition) is 4. The SMILES string of the molecule is Cc1[nH]c2ccccc2c1C(Nc1nccs1)c1ccco1. The fourth-order valence-electron chi connectivity index (χ4n) is 2.83. The molecule has 1 aromatic carbocycles. The Kier molecular flexibility index (Phi) is 3.20. The normalized spacial score (nSPS) is 12.6. The number of rotatable bonds is 4. The van der Waals surface area contributed by atoms with Crippen LogP contribution in [0, 0.1) is 6.92 Å². The van der Waals surface area contributed by atoms with Crippen LogP contribution >= 0.6 is 11.3 Å². The molecule has 1 unspecified atom stereocenters. The molecule has 0 aliphatic heterocycles. The number of aromatic nitrogens is 2. The van der Waals surface area contributed by atoms with E-state index in [2.05, 4.69) is 40.4 Å². The molecule has 4 aromatic rings. The molecule has 0 radical (unpaired) electrons. The predicted octanol–water partition coefficient (Wildman–Crippen LogP) is 4.73. The highest BCUT2D eigenvalue weighted by Gasteiger charge is 2.23. The molecule has 0 spiro atoms. The summed E-state index contributed by atoms with van der Waals surface area (Å²) < 4.78 is 5.67. The fraction of sp³-hybridized carbons (Fsp3) is 0.118. The first-order valence-corrected chi connectivity index (χ1v) is 7.97. The van der Waals surface area contributed by atoms with Gasteiger partial charge < -0.3 is 14.7 Å². The van der Waals surface area contributed by atoms with Crippen LogP contribution < -0.4 is 5.32 Å². The lowest BCUT2D eigenvalue weighted by Crippen LogP contribution is -2.12. The lowest BCUT2D eigenvalue weighted by Gasteiger charge is -2.17. The Morgan fingerprint density at radius 3 is 2.91 bits per heavy atom. The Hall–Kier alpha value is -2.53. The van der Waals surface area contributed by atoms with E-state index in [1.807, 2.05) is 23.6 Å². The van der Waals surface area contributed by atoms with Crippen LogP contribution in [-0.4, -0.2) is 9.97 Å². The van der Waals surface area contributed by atoms with Crippen LogP contribution in [0.3, 0.4) is 0 Å². The topological polar surface area (TPSA) is 53.9 Å².